The van der Waals surface area contributed by atoms with Gasteiger partial charge in [0.15, 0.2) is 0 Å². The van der Waals surface area contributed by atoms with Gasteiger partial charge in [-0.1, -0.05) is 56.3 Å². The Bertz CT molecular complexity index is 809. The summed E-state index contributed by atoms with van der Waals surface area (Å²) in [5, 5.41) is 0. The monoisotopic (exact) mass is 392 g/mol. The van der Waals surface area contributed by atoms with Crippen molar-refractivity contribution in [2.75, 3.05) is 14.2 Å². The van der Waals surface area contributed by atoms with Gasteiger partial charge in [0.1, 0.15) is 6.10 Å². The Balaban J connectivity index is 2.31. The van der Waals surface area contributed by atoms with Gasteiger partial charge in [0.2, 0.25) is 5.79 Å². The smallest absolute Gasteiger partial charge is 0.297 e. The highest BCUT2D eigenvalue weighted by Gasteiger charge is 2.42. The molecule has 5 nitrogen and oxygen atoms in total. The predicted molar refractivity (Wildman–Crippen MR) is 105 cm³/mol. The molecule has 0 bridgehead atoms. The third-order valence-electron chi connectivity index (χ3n) is 4.44. The topological polar surface area (TPSA) is 61.8 Å². The van der Waals surface area contributed by atoms with Crippen molar-refractivity contribution in [1.82, 2.24) is 0 Å². The van der Waals surface area contributed by atoms with Gasteiger partial charge in [0.05, 0.1) is 4.90 Å². The van der Waals surface area contributed by atoms with Crippen LogP contribution < -0.4 is 0 Å². The maximum Gasteiger partial charge on any atom is 0.297 e. The molecule has 2 aromatic rings. The molecule has 1 atom stereocenters. The minimum atomic E-state index is -3.95. The lowest BCUT2D eigenvalue weighted by Crippen LogP contribution is -2.44. The molecule has 0 saturated carbocycles. The second-order valence-corrected chi connectivity index (χ2v) is 8.45. The second kappa shape index (κ2) is 8.97. The Hall–Kier alpha value is -1.73. The van der Waals surface area contributed by atoms with Gasteiger partial charge in [-0.05, 0) is 37.0 Å². The fraction of sp³-hybridized carbons (Fsp3) is 0.429. The lowest BCUT2D eigenvalue weighted by Gasteiger charge is -2.36. The highest BCUT2D eigenvalue weighted by Crippen LogP contribution is 2.34. The van der Waals surface area contributed by atoms with Crippen molar-refractivity contribution in [3.05, 3.63) is 65.7 Å². The van der Waals surface area contributed by atoms with Gasteiger partial charge in [-0.15, -0.1) is 0 Å². The highest BCUT2D eigenvalue weighted by atomic mass is 32.2. The molecular formula is C21H28O5S. The van der Waals surface area contributed by atoms with E-state index in [1.54, 1.807) is 25.1 Å². The molecule has 0 spiro atoms. The molecule has 27 heavy (non-hydrogen) atoms. The Labute approximate surface area is 162 Å². The Kier molecular flexibility index (Phi) is 7.17. The van der Waals surface area contributed by atoms with Gasteiger partial charge < -0.3 is 9.47 Å². The van der Waals surface area contributed by atoms with E-state index in [2.05, 4.69) is 13.8 Å². The molecule has 0 fully saturated rings. The Morgan fingerprint density at radius 3 is 1.93 bits per heavy atom. The number of hydrogen-bond acceptors (Lipinski definition) is 5. The summed E-state index contributed by atoms with van der Waals surface area (Å²) in [5.41, 5.74) is 1.89. The number of benzene rings is 2. The minimum absolute atomic E-state index is 0.0882. The first-order valence-corrected chi connectivity index (χ1v) is 10.3. The van der Waals surface area contributed by atoms with Crippen LogP contribution in [0.15, 0.2) is 59.5 Å². The zero-order valence-electron chi connectivity index (χ0n) is 16.5. The van der Waals surface area contributed by atoms with Crippen LogP contribution >= 0.6 is 0 Å². The fourth-order valence-corrected chi connectivity index (χ4v) is 4.23. The van der Waals surface area contributed by atoms with E-state index < -0.39 is 22.0 Å². The molecule has 0 radical (unpaired) electrons. The van der Waals surface area contributed by atoms with Gasteiger partial charge in [-0.25, -0.2) is 0 Å². The molecule has 0 aliphatic rings. The molecule has 2 rings (SSSR count). The third kappa shape index (κ3) is 4.96. The molecule has 1 unspecified atom stereocenters. The summed E-state index contributed by atoms with van der Waals surface area (Å²) in [6.45, 7) is 5.94. The van der Waals surface area contributed by atoms with Gasteiger partial charge in [0.25, 0.3) is 10.1 Å². The van der Waals surface area contributed by atoms with E-state index in [0.29, 0.717) is 11.5 Å². The second-order valence-electron chi connectivity index (χ2n) is 6.88. The molecule has 0 N–H and O–H groups in total. The Morgan fingerprint density at radius 2 is 1.44 bits per heavy atom. The number of ether oxygens (including phenoxy) is 2. The average molecular weight is 393 g/mol. The van der Waals surface area contributed by atoms with E-state index in [-0.39, 0.29) is 4.90 Å². The number of methoxy groups -OCH3 is 2. The molecule has 6 heteroatoms. The summed E-state index contributed by atoms with van der Waals surface area (Å²) in [6, 6.07) is 15.8. The van der Waals surface area contributed by atoms with Crippen LogP contribution in [0.2, 0.25) is 0 Å². The van der Waals surface area contributed by atoms with Gasteiger partial charge in [-0.3, -0.25) is 4.18 Å². The zero-order valence-corrected chi connectivity index (χ0v) is 17.3. The van der Waals surface area contributed by atoms with Crippen molar-refractivity contribution in [3.8, 4) is 0 Å². The van der Waals surface area contributed by atoms with Crippen molar-refractivity contribution >= 4 is 10.1 Å². The van der Waals surface area contributed by atoms with Crippen molar-refractivity contribution in [3.63, 3.8) is 0 Å². The Morgan fingerprint density at radius 1 is 0.889 bits per heavy atom. The van der Waals surface area contributed by atoms with E-state index in [1.165, 1.54) is 31.9 Å². The molecule has 0 amide bonds. The van der Waals surface area contributed by atoms with Crippen LogP contribution in [0.3, 0.4) is 0 Å². The van der Waals surface area contributed by atoms with E-state index in [9.17, 15) is 8.42 Å². The number of rotatable bonds is 9. The molecular weight excluding hydrogens is 364 g/mol. The van der Waals surface area contributed by atoms with Crippen LogP contribution in [0, 0.1) is 5.92 Å². The van der Waals surface area contributed by atoms with Gasteiger partial charge >= 0.3 is 0 Å². The predicted octanol–water partition coefficient (Wildman–Crippen LogP) is 4.12. The van der Waals surface area contributed by atoms with Crippen LogP contribution in [-0.4, -0.2) is 28.7 Å². The third-order valence-corrected chi connectivity index (χ3v) is 5.84. The maximum absolute atomic E-state index is 12.6. The summed E-state index contributed by atoms with van der Waals surface area (Å²) >= 11 is 0. The average Bonchev–Trinajstić information content (AvgIpc) is 2.64. The standard InChI is InChI=1S/C21H28O5S/c1-16(2)15-18-11-13-19(14-12-18)21(24-4,25-5)17(3)26-27(22,23)20-9-7-6-8-10-20/h6-14,16-17H,15H2,1-5H3. The fourth-order valence-electron chi connectivity index (χ4n) is 3.13. The van der Waals surface area contributed by atoms with Crippen molar-refractivity contribution in [2.45, 2.75) is 44.0 Å². The maximum atomic E-state index is 12.6. The van der Waals surface area contributed by atoms with Crippen LogP contribution in [0.5, 0.6) is 0 Å². The largest absolute Gasteiger partial charge is 0.347 e. The highest BCUT2D eigenvalue weighted by molar-refractivity contribution is 7.86. The van der Waals surface area contributed by atoms with Gasteiger partial charge in [-0.2, -0.15) is 8.42 Å². The molecule has 0 aliphatic carbocycles. The van der Waals surface area contributed by atoms with E-state index >= 15 is 0 Å². The van der Waals surface area contributed by atoms with Crippen LogP contribution in [0.4, 0.5) is 0 Å². The zero-order chi connectivity index (χ0) is 20.1. The number of hydrogen-bond donors (Lipinski definition) is 0. The SMILES string of the molecule is COC(OC)(c1ccc(CC(C)C)cc1)C(C)OS(=O)(=O)c1ccccc1. The first kappa shape index (κ1) is 21.6. The lowest BCUT2D eigenvalue weighted by molar-refractivity contribution is -0.257. The summed E-state index contributed by atoms with van der Waals surface area (Å²) in [6.07, 6.45) is 0.0514. The first-order chi connectivity index (χ1) is 12.7. The lowest BCUT2D eigenvalue weighted by atomic mass is 9.96. The first-order valence-electron chi connectivity index (χ1n) is 8.93. The van der Waals surface area contributed by atoms with Crippen molar-refractivity contribution < 1.29 is 22.1 Å². The minimum Gasteiger partial charge on any atom is -0.347 e. The van der Waals surface area contributed by atoms with E-state index in [4.69, 9.17) is 13.7 Å². The van der Waals surface area contributed by atoms with E-state index in [0.717, 1.165) is 6.42 Å². The molecule has 0 aliphatic heterocycles. The molecule has 0 heterocycles. The summed E-state index contributed by atoms with van der Waals surface area (Å²) in [7, 11) is -1.01. The normalized spacial score (nSPS) is 13.7. The summed E-state index contributed by atoms with van der Waals surface area (Å²) in [4.78, 5) is 0.0882. The molecule has 0 aromatic heterocycles. The molecule has 148 valence electrons. The van der Waals surface area contributed by atoms with Crippen molar-refractivity contribution in [1.29, 1.82) is 0 Å². The van der Waals surface area contributed by atoms with Crippen molar-refractivity contribution in [2.24, 2.45) is 5.92 Å². The molecule has 2 aromatic carbocycles. The van der Waals surface area contributed by atoms with Gasteiger partial charge in [0, 0.05) is 19.8 Å². The summed E-state index contributed by atoms with van der Waals surface area (Å²) < 4.78 is 41.9. The molecule has 0 saturated heterocycles. The van der Waals surface area contributed by atoms with E-state index in [1.807, 2.05) is 24.3 Å². The quantitative estimate of drug-likeness (QED) is 0.474. The summed E-state index contributed by atoms with van der Waals surface area (Å²) in [5.74, 6) is -0.804. The van der Waals surface area contributed by atoms with Crippen LogP contribution in [0.1, 0.15) is 31.9 Å². The van der Waals surface area contributed by atoms with Crippen LogP contribution in [0.25, 0.3) is 0 Å². The van der Waals surface area contributed by atoms with Crippen LogP contribution in [-0.2, 0) is 36.0 Å².